The highest BCUT2D eigenvalue weighted by Gasteiger charge is 2.20. The molecule has 3 aromatic rings. The van der Waals surface area contributed by atoms with E-state index in [1.807, 2.05) is 36.4 Å². The fraction of sp³-hybridized carbons (Fsp3) is 0. The second-order valence-corrected chi connectivity index (χ2v) is 5.44. The van der Waals surface area contributed by atoms with Crippen molar-refractivity contribution < 1.29 is 0 Å². The van der Waals surface area contributed by atoms with E-state index < -0.39 is 0 Å². The number of benzene rings is 3. The first-order valence-electron chi connectivity index (χ1n) is 7.67. The molecule has 3 aromatic carbocycles. The van der Waals surface area contributed by atoms with E-state index in [0.29, 0.717) is 0 Å². The van der Waals surface area contributed by atoms with E-state index >= 15 is 0 Å². The molecule has 0 amide bonds. The number of rotatable bonds is 3. The normalized spacial score (nSPS) is 14.4. The van der Waals surface area contributed by atoms with Gasteiger partial charge in [-0.05, 0) is 34.9 Å². The van der Waals surface area contributed by atoms with Gasteiger partial charge in [-0.1, -0.05) is 72.8 Å². The van der Waals surface area contributed by atoms with Crippen LogP contribution in [-0.4, -0.2) is 5.71 Å². The standard InChI is InChI=1S/C21H16N2/c1-3-9-16(10-4-1)20-15-21(19-14-8-7-13-18(19)20)23-22-17-11-5-2-6-12-17/h1-15,22H. The number of para-hydroxylation sites is 1. The summed E-state index contributed by atoms with van der Waals surface area (Å²) in [6, 6.07) is 28.8. The molecule has 4 rings (SSSR count). The minimum Gasteiger partial charge on any atom is -0.278 e. The molecule has 0 saturated carbocycles. The summed E-state index contributed by atoms with van der Waals surface area (Å²) in [5.74, 6) is 0. The molecule has 0 atom stereocenters. The van der Waals surface area contributed by atoms with Gasteiger partial charge < -0.3 is 0 Å². The highest BCUT2D eigenvalue weighted by Crippen LogP contribution is 2.32. The highest BCUT2D eigenvalue weighted by molar-refractivity contribution is 6.21. The lowest BCUT2D eigenvalue weighted by Crippen LogP contribution is -1.99. The van der Waals surface area contributed by atoms with Crippen LogP contribution >= 0.6 is 0 Å². The molecule has 0 spiro atoms. The van der Waals surface area contributed by atoms with Gasteiger partial charge in [-0.25, -0.2) is 0 Å². The van der Waals surface area contributed by atoms with E-state index in [1.54, 1.807) is 0 Å². The first kappa shape index (κ1) is 13.5. The summed E-state index contributed by atoms with van der Waals surface area (Å²) in [7, 11) is 0. The van der Waals surface area contributed by atoms with E-state index in [4.69, 9.17) is 0 Å². The summed E-state index contributed by atoms with van der Waals surface area (Å²) in [5, 5.41) is 4.60. The molecule has 1 N–H and O–H groups in total. The van der Waals surface area contributed by atoms with E-state index in [9.17, 15) is 0 Å². The Bertz CT molecular complexity index is 878. The predicted molar refractivity (Wildman–Crippen MR) is 96.6 cm³/mol. The van der Waals surface area contributed by atoms with Gasteiger partial charge >= 0.3 is 0 Å². The van der Waals surface area contributed by atoms with Gasteiger partial charge in [0.1, 0.15) is 0 Å². The Balaban J connectivity index is 1.74. The van der Waals surface area contributed by atoms with E-state index in [-0.39, 0.29) is 0 Å². The van der Waals surface area contributed by atoms with Crippen molar-refractivity contribution in [3.05, 3.63) is 108 Å². The van der Waals surface area contributed by atoms with Crippen LogP contribution in [0.2, 0.25) is 0 Å². The number of hydrazone groups is 1. The Morgan fingerprint density at radius 2 is 1.22 bits per heavy atom. The van der Waals surface area contributed by atoms with Crippen molar-refractivity contribution in [1.29, 1.82) is 0 Å². The van der Waals surface area contributed by atoms with Crippen molar-refractivity contribution in [2.75, 3.05) is 5.43 Å². The lowest BCUT2D eigenvalue weighted by atomic mass is 9.99. The molecule has 0 unspecified atom stereocenters. The predicted octanol–water partition coefficient (Wildman–Crippen LogP) is 4.95. The zero-order valence-electron chi connectivity index (χ0n) is 12.6. The minimum atomic E-state index is 0.961. The summed E-state index contributed by atoms with van der Waals surface area (Å²) in [5.41, 5.74) is 9.91. The summed E-state index contributed by atoms with van der Waals surface area (Å²) < 4.78 is 0. The molecule has 0 bridgehead atoms. The Morgan fingerprint density at radius 3 is 1.96 bits per heavy atom. The van der Waals surface area contributed by atoms with Gasteiger partial charge in [0.15, 0.2) is 0 Å². The first-order chi connectivity index (χ1) is 11.4. The maximum atomic E-state index is 4.60. The monoisotopic (exact) mass is 296 g/mol. The van der Waals surface area contributed by atoms with Crippen LogP contribution in [0, 0.1) is 0 Å². The number of hydrogen-bond donors (Lipinski definition) is 1. The van der Waals surface area contributed by atoms with Gasteiger partial charge in [-0.3, -0.25) is 5.43 Å². The van der Waals surface area contributed by atoms with Crippen LogP contribution in [0.25, 0.3) is 5.57 Å². The largest absolute Gasteiger partial charge is 0.278 e. The molecule has 0 aliphatic heterocycles. The van der Waals surface area contributed by atoms with Crippen LogP contribution in [0.4, 0.5) is 5.69 Å². The van der Waals surface area contributed by atoms with Gasteiger partial charge in [0.05, 0.1) is 11.4 Å². The number of nitrogens with one attached hydrogen (secondary N) is 1. The Labute approximate surface area is 135 Å². The average Bonchev–Trinajstić information content (AvgIpc) is 3.01. The van der Waals surface area contributed by atoms with Crippen LogP contribution in [0.3, 0.4) is 0 Å². The molecular formula is C21H16N2. The number of hydrogen-bond acceptors (Lipinski definition) is 2. The lowest BCUT2D eigenvalue weighted by Gasteiger charge is -2.05. The van der Waals surface area contributed by atoms with E-state index in [2.05, 4.69) is 65.1 Å². The average molecular weight is 296 g/mol. The van der Waals surface area contributed by atoms with Crippen molar-refractivity contribution in [1.82, 2.24) is 0 Å². The Hall–Kier alpha value is -3.13. The molecule has 23 heavy (non-hydrogen) atoms. The molecular weight excluding hydrogens is 280 g/mol. The van der Waals surface area contributed by atoms with Crippen LogP contribution in [-0.2, 0) is 0 Å². The smallest absolute Gasteiger partial charge is 0.0918 e. The van der Waals surface area contributed by atoms with Crippen LogP contribution in [0.15, 0.2) is 96.1 Å². The number of allylic oxidation sites excluding steroid dienone is 1. The quantitative estimate of drug-likeness (QED) is 0.680. The maximum absolute atomic E-state index is 4.60. The van der Waals surface area contributed by atoms with Crippen LogP contribution in [0.5, 0.6) is 0 Å². The third kappa shape index (κ3) is 2.67. The third-order valence-electron chi connectivity index (χ3n) is 3.94. The summed E-state index contributed by atoms with van der Waals surface area (Å²) >= 11 is 0. The number of fused-ring (bicyclic) bond motifs is 1. The topological polar surface area (TPSA) is 24.4 Å². The summed E-state index contributed by atoms with van der Waals surface area (Å²) in [6.45, 7) is 0. The molecule has 0 saturated heterocycles. The van der Waals surface area contributed by atoms with Gasteiger partial charge in [-0.2, -0.15) is 5.10 Å². The molecule has 0 radical (unpaired) electrons. The van der Waals surface area contributed by atoms with Gasteiger partial charge in [0.2, 0.25) is 0 Å². The molecule has 2 heteroatoms. The van der Waals surface area contributed by atoms with Gasteiger partial charge in [0, 0.05) is 5.56 Å². The molecule has 110 valence electrons. The van der Waals surface area contributed by atoms with E-state index in [1.165, 1.54) is 16.7 Å². The fourth-order valence-electron chi connectivity index (χ4n) is 2.82. The maximum Gasteiger partial charge on any atom is 0.0918 e. The van der Waals surface area contributed by atoms with Crippen LogP contribution in [0.1, 0.15) is 16.7 Å². The lowest BCUT2D eigenvalue weighted by molar-refractivity contribution is 1.34. The SMILES string of the molecule is C1=C(c2ccccc2)c2ccccc2C1=NNc1ccccc1. The number of anilines is 1. The van der Waals surface area contributed by atoms with Crippen molar-refractivity contribution in [3.8, 4) is 0 Å². The summed E-state index contributed by atoms with van der Waals surface area (Å²) in [4.78, 5) is 0. The first-order valence-corrected chi connectivity index (χ1v) is 7.67. The molecule has 2 nitrogen and oxygen atoms in total. The Kier molecular flexibility index (Phi) is 3.49. The van der Waals surface area contributed by atoms with Gasteiger partial charge in [0.25, 0.3) is 0 Å². The van der Waals surface area contributed by atoms with Crippen molar-refractivity contribution in [2.24, 2.45) is 5.10 Å². The molecule has 0 aromatic heterocycles. The highest BCUT2D eigenvalue weighted by atomic mass is 15.3. The molecule has 1 aliphatic carbocycles. The Morgan fingerprint density at radius 1 is 0.609 bits per heavy atom. The zero-order chi connectivity index (χ0) is 15.5. The fourth-order valence-corrected chi connectivity index (χ4v) is 2.82. The molecule has 0 heterocycles. The number of nitrogens with zero attached hydrogens (tertiary/aromatic N) is 1. The van der Waals surface area contributed by atoms with E-state index in [0.717, 1.165) is 17.0 Å². The van der Waals surface area contributed by atoms with Gasteiger partial charge in [-0.15, -0.1) is 0 Å². The molecule has 1 aliphatic rings. The second-order valence-electron chi connectivity index (χ2n) is 5.44. The molecule has 0 fully saturated rings. The van der Waals surface area contributed by atoms with Crippen LogP contribution < -0.4 is 5.43 Å². The van der Waals surface area contributed by atoms with Crippen molar-refractivity contribution >= 4 is 17.0 Å². The van der Waals surface area contributed by atoms with Crippen molar-refractivity contribution in [3.63, 3.8) is 0 Å². The minimum absolute atomic E-state index is 0.961. The second kappa shape index (κ2) is 5.93. The van der Waals surface area contributed by atoms with Crippen molar-refractivity contribution in [2.45, 2.75) is 0 Å². The zero-order valence-corrected chi connectivity index (χ0v) is 12.6. The summed E-state index contributed by atoms with van der Waals surface area (Å²) in [6.07, 6.45) is 2.15. The third-order valence-corrected chi connectivity index (χ3v) is 3.94.